The van der Waals surface area contributed by atoms with E-state index in [1.807, 2.05) is 25.1 Å². The molecule has 3 unspecified atom stereocenters. The van der Waals surface area contributed by atoms with Gasteiger partial charge < -0.3 is 15.3 Å². The summed E-state index contributed by atoms with van der Waals surface area (Å²) < 4.78 is 13.4. The number of hydrogen-bond acceptors (Lipinski definition) is 3. The zero-order chi connectivity index (χ0) is 18.4. The van der Waals surface area contributed by atoms with Gasteiger partial charge in [0.15, 0.2) is 0 Å². The molecule has 0 aromatic heterocycles. The zero-order valence-electron chi connectivity index (χ0n) is 14.6. The molecule has 4 nitrogen and oxygen atoms in total. The average Bonchev–Trinajstić information content (AvgIpc) is 2.55. The molecule has 25 heavy (non-hydrogen) atoms. The third-order valence-electron chi connectivity index (χ3n) is 4.87. The van der Waals surface area contributed by atoms with Gasteiger partial charge in [-0.2, -0.15) is 0 Å². The summed E-state index contributed by atoms with van der Waals surface area (Å²) in [6.07, 6.45) is 5.17. The predicted octanol–water partition coefficient (Wildman–Crippen LogP) is 4.81. The van der Waals surface area contributed by atoms with E-state index in [0.29, 0.717) is 18.6 Å². The number of benzene rings is 1. The van der Waals surface area contributed by atoms with Crippen molar-refractivity contribution in [2.75, 3.05) is 18.9 Å². The molecule has 7 heteroatoms. The van der Waals surface area contributed by atoms with Crippen molar-refractivity contribution in [3.05, 3.63) is 32.4 Å². The van der Waals surface area contributed by atoms with Crippen LogP contribution in [0.3, 0.4) is 0 Å². The highest BCUT2D eigenvalue weighted by atomic mass is 127. The van der Waals surface area contributed by atoms with Crippen LogP contribution in [0.5, 0.6) is 0 Å². The first-order valence-electron chi connectivity index (χ1n) is 8.94. The van der Waals surface area contributed by atoms with E-state index in [2.05, 4.69) is 27.9 Å². The summed E-state index contributed by atoms with van der Waals surface area (Å²) in [4.78, 5) is 10.2. The van der Waals surface area contributed by atoms with Crippen LogP contribution in [-0.2, 0) is 4.57 Å². The SMILES string of the molecule is CC(NCC(O)CP(=O)(O)CC1CCCCC1)c1ccc(Cl)c(I)c1. The topological polar surface area (TPSA) is 69.6 Å². The Bertz CT molecular complexity index is 610. The lowest BCUT2D eigenvalue weighted by atomic mass is 9.91. The van der Waals surface area contributed by atoms with Crippen molar-refractivity contribution >= 4 is 41.6 Å². The van der Waals surface area contributed by atoms with Gasteiger partial charge in [0.1, 0.15) is 0 Å². The molecule has 0 radical (unpaired) electrons. The van der Waals surface area contributed by atoms with E-state index in [1.165, 1.54) is 6.42 Å². The van der Waals surface area contributed by atoms with Crippen LogP contribution in [0.25, 0.3) is 0 Å². The van der Waals surface area contributed by atoms with Gasteiger partial charge >= 0.3 is 0 Å². The fraction of sp³-hybridized carbons (Fsp3) is 0.667. The lowest BCUT2D eigenvalue weighted by Crippen LogP contribution is -2.32. The van der Waals surface area contributed by atoms with Crippen molar-refractivity contribution in [3.8, 4) is 0 Å². The van der Waals surface area contributed by atoms with Crippen LogP contribution in [0.1, 0.15) is 50.6 Å². The second-order valence-corrected chi connectivity index (χ2v) is 11.2. The summed E-state index contributed by atoms with van der Waals surface area (Å²) in [6, 6.07) is 5.86. The van der Waals surface area contributed by atoms with Crippen LogP contribution in [0.4, 0.5) is 0 Å². The Balaban J connectivity index is 1.79. The van der Waals surface area contributed by atoms with Crippen LogP contribution in [0, 0.1) is 9.49 Å². The minimum atomic E-state index is -3.27. The molecular weight excluding hydrogens is 472 g/mol. The second kappa shape index (κ2) is 10.0. The van der Waals surface area contributed by atoms with Gasteiger partial charge in [-0.3, -0.25) is 4.57 Å². The smallest absolute Gasteiger partial charge is 0.203 e. The van der Waals surface area contributed by atoms with E-state index < -0.39 is 13.5 Å². The fourth-order valence-electron chi connectivity index (χ4n) is 3.45. The highest BCUT2D eigenvalue weighted by Gasteiger charge is 2.28. The van der Waals surface area contributed by atoms with Crippen LogP contribution in [-0.4, -0.2) is 35.0 Å². The molecule has 0 heterocycles. The predicted molar refractivity (Wildman–Crippen MR) is 113 cm³/mol. The first-order valence-corrected chi connectivity index (χ1v) is 12.4. The summed E-state index contributed by atoms with van der Waals surface area (Å²) in [5.74, 6) is 0.347. The maximum absolute atomic E-state index is 12.4. The number of nitrogens with one attached hydrogen (secondary N) is 1. The Hall–Kier alpha value is 0.350. The number of rotatable bonds is 8. The van der Waals surface area contributed by atoms with Crippen molar-refractivity contribution in [1.29, 1.82) is 0 Å². The molecule has 0 saturated heterocycles. The van der Waals surface area contributed by atoms with E-state index in [9.17, 15) is 14.6 Å². The fourth-order valence-corrected chi connectivity index (χ4v) is 6.22. The van der Waals surface area contributed by atoms with Gasteiger partial charge in [0, 0.05) is 22.3 Å². The van der Waals surface area contributed by atoms with Crippen molar-refractivity contribution < 1.29 is 14.6 Å². The van der Waals surface area contributed by atoms with E-state index in [1.54, 1.807) is 0 Å². The molecule has 3 atom stereocenters. The van der Waals surface area contributed by atoms with Crippen molar-refractivity contribution in [2.45, 2.75) is 51.2 Å². The molecule has 2 rings (SSSR count). The first-order chi connectivity index (χ1) is 11.8. The van der Waals surface area contributed by atoms with Gasteiger partial charge in [0.2, 0.25) is 7.37 Å². The highest BCUT2D eigenvalue weighted by molar-refractivity contribution is 14.1. The molecule has 3 N–H and O–H groups in total. The van der Waals surface area contributed by atoms with Gasteiger partial charge in [-0.25, -0.2) is 0 Å². The third kappa shape index (κ3) is 7.47. The molecule has 0 amide bonds. The molecule has 1 aliphatic rings. The highest BCUT2D eigenvalue weighted by Crippen LogP contribution is 2.45. The van der Waals surface area contributed by atoms with Crippen molar-refractivity contribution in [2.24, 2.45) is 5.92 Å². The Labute approximate surface area is 169 Å². The number of aliphatic hydroxyl groups excluding tert-OH is 1. The Kier molecular flexibility index (Phi) is 8.70. The molecular formula is C18H28ClINO3P. The molecule has 1 aromatic carbocycles. The first kappa shape index (κ1) is 21.6. The summed E-state index contributed by atoms with van der Waals surface area (Å²) in [6.45, 7) is 2.31. The second-order valence-electron chi connectivity index (χ2n) is 7.17. The molecule has 0 bridgehead atoms. The molecule has 0 aliphatic heterocycles. The zero-order valence-corrected chi connectivity index (χ0v) is 18.4. The van der Waals surface area contributed by atoms with Crippen LogP contribution in [0.2, 0.25) is 5.02 Å². The van der Waals surface area contributed by atoms with E-state index >= 15 is 0 Å². The van der Waals surface area contributed by atoms with Gasteiger partial charge in [-0.15, -0.1) is 0 Å². The summed E-state index contributed by atoms with van der Waals surface area (Å²) in [7, 11) is -3.27. The molecule has 1 aliphatic carbocycles. The number of hydrogen-bond donors (Lipinski definition) is 3. The van der Waals surface area contributed by atoms with Crippen molar-refractivity contribution in [3.63, 3.8) is 0 Å². The minimum Gasteiger partial charge on any atom is -0.391 e. The summed E-state index contributed by atoms with van der Waals surface area (Å²) in [5, 5.41) is 14.2. The van der Waals surface area contributed by atoms with Crippen molar-refractivity contribution in [1.82, 2.24) is 5.32 Å². The van der Waals surface area contributed by atoms with Crippen LogP contribution in [0.15, 0.2) is 18.2 Å². The van der Waals surface area contributed by atoms with Gasteiger partial charge in [0.05, 0.1) is 17.3 Å². The quantitative estimate of drug-likeness (QED) is 0.355. The normalized spacial score (nSPS) is 20.8. The molecule has 1 fully saturated rings. The molecule has 142 valence electrons. The maximum Gasteiger partial charge on any atom is 0.203 e. The summed E-state index contributed by atoms with van der Waals surface area (Å²) in [5.41, 5.74) is 1.08. The number of aliphatic hydroxyl groups is 1. The van der Waals surface area contributed by atoms with E-state index in [-0.39, 0.29) is 12.2 Å². The summed E-state index contributed by atoms with van der Waals surface area (Å²) >= 11 is 8.23. The van der Waals surface area contributed by atoms with Gasteiger partial charge in [-0.05, 0) is 66.0 Å². The van der Waals surface area contributed by atoms with Crippen LogP contribution < -0.4 is 5.32 Å². The molecule has 0 spiro atoms. The monoisotopic (exact) mass is 499 g/mol. The number of halogens is 2. The maximum atomic E-state index is 12.4. The van der Waals surface area contributed by atoms with Gasteiger partial charge in [-0.1, -0.05) is 36.9 Å². The van der Waals surface area contributed by atoms with E-state index in [4.69, 9.17) is 11.6 Å². The Morgan fingerprint density at radius 1 is 1.36 bits per heavy atom. The molecule has 1 saturated carbocycles. The lowest BCUT2D eigenvalue weighted by molar-refractivity contribution is 0.186. The minimum absolute atomic E-state index is 0.0264. The lowest BCUT2D eigenvalue weighted by Gasteiger charge is -2.25. The average molecular weight is 500 g/mol. The third-order valence-corrected chi connectivity index (χ3v) is 8.49. The Morgan fingerprint density at radius 2 is 2.04 bits per heavy atom. The Morgan fingerprint density at radius 3 is 2.68 bits per heavy atom. The van der Waals surface area contributed by atoms with Gasteiger partial charge in [0.25, 0.3) is 0 Å². The standard InChI is InChI=1S/C18H28ClINO3P/c1-13(15-7-8-17(19)18(20)9-15)21-10-16(22)12-25(23,24)11-14-5-3-2-4-6-14/h7-9,13-14,16,21-22H,2-6,10-12H2,1H3,(H,23,24). The van der Waals surface area contributed by atoms with Crippen LogP contribution >= 0.6 is 41.6 Å². The van der Waals surface area contributed by atoms with E-state index in [0.717, 1.165) is 39.8 Å². The molecule has 1 aromatic rings. The largest absolute Gasteiger partial charge is 0.391 e.